The molecule has 33 heavy (non-hydrogen) atoms. The summed E-state index contributed by atoms with van der Waals surface area (Å²) in [7, 11) is 3.39. The Morgan fingerprint density at radius 3 is 2.73 bits per heavy atom. The largest absolute Gasteiger partial charge is 0.497 e. The zero-order valence-corrected chi connectivity index (χ0v) is 17.8. The highest BCUT2D eigenvalue weighted by Gasteiger charge is 2.16. The van der Waals surface area contributed by atoms with E-state index in [2.05, 4.69) is 25.3 Å². The van der Waals surface area contributed by atoms with Crippen molar-refractivity contribution in [2.75, 3.05) is 7.11 Å². The third-order valence-corrected chi connectivity index (χ3v) is 5.63. The van der Waals surface area contributed by atoms with Crippen LogP contribution in [0.15, 0.2) is 61.2 Å². The number of hydrogen-bond donors (Lipinski definition) is 2. The van der Waals surface area contributed by atoms with E-state index in [1.54, 1.807) is 29.3 Å². The highest BCUT2D eigenvalue weighted by molar-refractivity contribution is 6.00. The van der Waals surface area contributed by atoms with Crippen LogP contribution in [0.2, 0.25) is 0 Å². The summed E-state index contributed by atoms with van der Waals surface area (Å²) in [6, 6.07) is 10.5. The molecule has 0 saturated heterocycles. The monoisotopic (exact) mass is 439 g/mol. The van der Waals surface area contributed by atoms with Crippen molar-refractivity contribution in [3.05, 3.63) is 67.0 Å². The first-order chi connectivity index (χ1) is 16.1. The van der Waals surface area contributed by atoms with Gasteiger partial charge in [-0.15, -0.1) is 0 Å². The highest BCUT2D eigenvalue weighted by Crippen LogP contribution is 2.35. The number of hydrogen-bond acceptors (Lipinski definition) is 5. The molecule has 0 radical (unpaired) electrons. The van der Waals surface area contributed by atoms with Crippen molar-refractivity contribution in [3.8, 4) is 39.5 Å². The SMILES string of the molecule is COc1cc(F)cc(-c2cncc3[nH]c(-c4n[nH]c5ccc(-c6cnn(C)c6)nc45)cc23)c1. The summed E-state index contributed by atoms with van der Waals surface area (Å²) in [5.41, 5.74) is 7.05. The van der Waals surface area contributed by atoms with Gasteiger partial charge >= 0.3 is 0 Å². The van der Waals surface area contributed by atoms with Crippen molar-refractivity contribution < 1.29 is 9.13 Å². The van der Waals surface area contributed by atoms with Crippen LogP contribution < -0.4 is 4.74 Å². The molecule has 2 N–H and O–H groups in total. The summed E-state index contributed by atoms with van der Waals surface area (Å²) in [5.74, 6) is 0.0747. The van der Waals surface area contributed by atoms with Crippen molar-refractivity contribution in [3.63, 3.8) is 0 Å². The molecule has 0 aliphatic rings. The fourth-order valence-electron chi connectivity index (χ4n) is 4.05. The van der Waals surface area contributed by atoms with Crippen LogP contribution in [0.25, 0.3) is 55.7 Å². The number of aromatic nitrogens is 7. The third kappa shape index (κ3) is 3.21. The Hall–Kier alpha value is -4.53. The smallest absolute Gasteiger partial charge is 0.135 e. The molecule has 6 aromatic rings. The lowest BCUT2D eigenvalue weighted by atomic mass is 10.0. The number of aromatic amines is 2. The van der Waals surface area contributed by atoms with Gasteiger partial charge in [-0.3, -0.25) is 14.8 Å². The minimum absolute atomic E-state index is 0.373. The van der Waals surface area contributed by atoms with Gasteiger partial charge in [-0.2, -0.15) is 10.2 Å². The Morgan fingerprint density at radius 2 is 1.91 bits per heavy atom. The van der Waals surface area contributed by atoms with E-state index in [1.807, 2.05) is 31.4 Å². The Morgan fingerprint density at radius 1 is 1.00 bits per heavy atom. The zero-order chi connectivity index (χ0) is 22.5. The zero-order valence-electron chi connectivity index (χ0n) is 17.8. The molecule has 6 rings (SSSR count). The molecule has 0 aliphatic heterocycles. The number of halogens is 1. The molecule has 5 heterocycles. The van der Waals surface area contributed by atoms with Gasteiger partial charge in [0, 0.05) is 42.0 Å². The molecular weight excluding hydrogens is 421 g/mol. The molecule has 0 bridgehead atoms. The lowest BCUT2D eigenvalue weighted by Gasteiger charge is -2.06. The lowest BCUT2D eigenvalue weighted by Crippen LogP contribution is -1.88. The van der Waals surface area contributed by atoms with Crippen LogP contribution in [0.3, 0.4) is 0 Å². The normalized spacial score (nSPS) is 11.5. The molecule has 1 aromatic carbocycles. The average Bonchev–Trinajstić information content (AvgIpc) is 3.55. The van der Waals surface area contributed by atoms with Gasteiger partial charge in [0.05, 0.1) is 41.9 Å². The number of benzene rings is 1. The van der Waals surface area contributed by atoms with Crippen LogP contribution >= 0.6 is 0 Å². The van der Waals surface area contributed by atoms with Gasteiger partial charge in [0.1, 0.15) is 22.8 Å². The molecule has 8 nitrogen and oxygen atoms in total. The van der Waals surface area contributed by atoms with Crippen molar-refractivity contribution >= 4 is 21.9 Å². The van der Waals surface area contributed by atoms with E-state index in [1.165, 1.54) is 19.2 Å². The maximum absolute atomic E-state index is 14.1. The highest BCUT2D eigenvalue weighted by atomic mass is 19.1. The number of methoxy groups -OCH3 is 1. The number of ether oxygens (including phenoxy) is 1. The second-order valence-electron chi connectivity index (χ2n) is 7.78. The average molecular weight is 439 g/mol. The topological polar surface area (TPSA) is 97.3 Å². The standard InChI is InChI=1S/C24H18FN7O/c1-32-12-14(9-27-32)19-3-4-20-23(29-19)24(31-30-20)21-8-17-18(10-26-11-22(17)28-21)13-5-15(25)7-16(6-13)33-2/h3-12,28H,1-2H3,(H,30,31). The second-order valence-corrected chi connectivity index (χ2v) is 7.78. The lowest BCUT2D eigenvalue weighted by molar-refractivity contribution is 0.411. The maximum Gasteiger partial charge on any atom is 0.135 e. The molecule has 9 heteroatoms. The first kappa shape index (κ1) is 19.2. The van der Waals surface area contributed by atoms with Crippen LogP contribution in [-0.2, 0) is 7.05 Å². The van der Waals surface area contributed by atoms with Crippen molar-refractivity contribution in [2.45, 2.75) is 0 Å². The van der Waals surface area contributed by atoms with E-state index in [9.17, 15) is 4.39 Å². The van der Waals surface area contributed by atoms with Gasteiger partial charge in [0.25, 0.3) is 0 Å². The van der Waals surface area contributed by atoms with Gasteiger partial charge < -0.3 is 9.72 Å². The predicted molar refractivity (Wildman–Crippen MR) is 123 cm³/mol. The van der Waals surface area contributed by atoms with Crippen molar-refractivity contribution in [1.82, 2.24) is 34.9 Å². The van der Waals surface area contributed by atoms with Crippen molar-refractivity contribution in [2.24, 2.45) is 7.05 Å². The summed E-state index contributed by atoms with van der Waals surface area (Å²) in [6.45, 7) is 0. The molecule has 0 fully saturated rings. The first-order valence-corrected chi connectivity index (χ1v) is 10.3. The maximum atomic E-state index is 14.1. The number of nitrogens with one attached hydrogen (secondary N) is 2. The number of pyridine rings is 2. The van der Waals surface area contributed by atoms with Gasteiger partial charge in [-0.1, -0.05) is 0 Å². The third-order valence-electron chi connectivity index (χ3n) is 5.63. The molecule has 0 amide bonds. The van der Waals surface area contributed by atoms with Gasteiger partial charge in [-0.25, -0.2) is 9.37 Å². The molecule has 0 spiro atoms. The second kappa shape index (κ2) is 7.27. The molecule has 0 saturated carbocycles. The fourth-order valence-corrected chi connectivity index (χ4v) is 4.05. The Labute approximate surface area is 187 Å². The van der Waals surface area contributed by atoms with Gasteiger partial charge in [0.15, 0.2) is 0 Å². The Balaban J connectivity index is 1.50. The van der Waals surface area contributed by atoms with E-state index < -0.39 is 0 Å². The molecule has 5 aromatic heterocycles. The van der Waals surface area contributed by atoms with Crippen LogP contribution in [0.1, 0.15) is 0 Å². The molecule has 0 atom stereocenters. The number of fused-ring (bicyclic) bond motifs is 2. The first-order valence-electron chi connectivity index (χ1n) is 10.3. The Kier molecular flexibility index (Phi) is 4.22. The minimum atomic E-state index is -0.373. The molecular formula is C24H18FN7O. The van der Waals surface area contributed by atoms with E-state index in [-0.39, 0.29) is 5.82 Å². The molecule has 0 unspecified atom stereocenters. The van der Waals surface area contributed by atoms with E-state index in [4.69, 9.17) is 9.72 Å². The Bertz CT molecular complexity index is 1650. The van der Waals surface area contributed by atoms with Gasteiger partial charge in [-0.05, 0) is 35.9 Å². The number of nitrogens with zero attached hydrogens (tertiary/aromatic N) is 5. The molecule has 0 aliphatic carbocycles. The number of H-pyrrole nitrogens is 2. The summed E-state index contributed by atoms with van der Waals surface area (Å²) >= 11 is 0. The molecule has 162 valence electrons. The minimum Gasteiger partial charge on any atom is -0.497 e. The van der Waals surface area contributed by atoms with Crippen LogP contribution in [0.4, 0.5) is 4.39 Å². The van der Waals surface area contributed by atoms with Crippen LogP contribution in [0.5, 0.6) is 5.75 Å². The van der Waals surface area contributed by atoms with E-state index >= 15 is 0 Å². The van der Waals surface area contributed by atoms with Gasteiger partial charge in [0.2, 0.25) is 0 Å². The summed E-state index contributed by atoms with van der Waals surface area (Å²) in [5, 5.41) is 12.7. The van der Waals surface area contributed by atoms with Crippen LogP contribution in [-0.4, -0.2) is 42.0 Å². The summed E-state index contributed by atoms with van der Waals surface area (Å²) in [6.07, 6.45) is 7.15. The van der Waals surface area contributed by atoms with E-state index in [0.717, 1.165) is 44.5 Å². The number of rotatable bonds is 4. The van der Waals surface area contributed by atoms with Crippen LogP contribution in [0, 0.1) is 5.82 Å². The summed E-state index contributed by atoms with van der Waals surface area (Å²) < 4.78 is 21.1. The number of aryl methyl sites for hydroxylation is 1. The predicted octanol–water partition coefficient (Wildman–Crippen LogP) is 4.72. The van der Waals surface area contributed by atoms with Crippen molar-refractivity contribution in [1.29, 1.82) is 0 Å². The quantitative estimate of drug-likeness (QED) is 0.414. The fraction of sp³-hybridized carbons (Fsp3) is 0.0833. The van der Waals surface area contributed by atoms with E-state index in [0.29, 0.717) is 17.0 Å². The summed E-state index contributed by atoms with van der Waals surface area (Å²) in [4.78, 5) is 12.6.